The van der Waals surface area contributed by atoms with Crippen LogP contribution >= 0.6 is 11.3 Å². The molecule has 24 heavy (non-hydrogen) atoms. The minimum absolute atomic E-state index is 0.138. The summed E-state index contributed by atoms with van der Waals surface area (Å²) in [4.78, 5) is 20.8. The molecule has 0 radical (unpaired) electrons. The fraction of sp³-hybridized carbons (Fsp3) is 0.667. The number of hydrogen-bond donors (Lipinski definition) is 1. The number of carbonyl (C=O) groups is 1. The number of likely N-dealkylation sites (tertiary alicyclic amines) is 1. The van der Waals surface area contributed by atoms with E-state index in [1.807, 2.05) is 43.0 Å². The van der Waals surface area contributed by atoms with E-state index in [1.165, 1.54) is 0 Å². The van der Waals surface area contributed by atoms with E-state index < -0.39 is 5.60 Å². The topological polar surface area (TPSA) is 56.7 Å². The van der Waals surface area contributed by atoms with Crippen LogP contribution < -0.4 is 0 Å². The monoisotopic (exact) mass is 349 g/mol. The molecule has 1 amide bonds. The van der Waals surface area contributed by atoms with Crippen molar-refractivity contribution in [1.82, 2.24) is 14.8 Å². The second-order valence-electron chi connectivity index (χ2n) is 7.58. The Hall–Kier alpha value is -1.42. The van der Waals surface area contributed by atoms with Gasteiger partial charge in [0.1, 0.15) is 10.6 Å². The molecule has 1 aromatic heterocycles. The summed E-state index contributed by atoms with van der Waals surface area (Å²) >= 11 is 1.55. The number of thiazole rings is 1. The van der Waals surface area contributed by atoms with Gasteiger partial charge in [0, 0.05) is 23.9 Å². The summed E-state index contributed by atoms with van der Waals surface area (Å²) in [5.41, 5.74) is -0.599. The van der Waals surface area contributed by atoms with Gasteiger partial charge >= 0.3 is 0 Å². The molecule has 1 N–H and O–H groups in total. The van der Waals surface area contributed by atoms with E-state index in [1.54, 1.807) is 11.3 Å². The Labute approximate surface area is 148 Å². The molecule has 2 heterocycles. The molecule has 0 bridgehead atoms. The van der Waals surface area contributed by atoms with E-state index in [0.717, 1.165) is 10.7 Å². The molecule has 1 aliphatic rings. The highest BCUT2D eigenvalue weighted by molar-refractivity contribution is 7.09. The lowest BCUT2D eigenvalue weighted by Gasteiger charge is -2.39. The molecule has 132 valence electrons. The molecular weight excluding hydrogens is 322 g/mol. The summed E-state index contributed by atoms with van der Waals surface area (Å²) in [5, 5.41) is 13.8. The molecule has 0 aliphatic carbocycles. The highest BCUT2D eigenvalue weighted by Crippen LogP contribution is 2.34. The van der Waals surface area contributed by atoms with Crippen LogP contribution in [-0.4, -0.2) is 52.5 Å². The fourth-order valence-corrected chi connectivity index (χ4v) is 3.82. The van der Waals surface area contributed by atoms with Gasteiger partial charge in [0.25, 0.3) is 0 Å². The molecule has 0 saturated carbocycles. The van der Waals surface area contributed by atoms with E-state index in [9.17, 15) is 9.90 Å². The van der Waals surface area contributed by atoms with Gasteiger partial charge in [-0.1, -0.05) is 26.7 Å². The van der Waals surface area contributed by atoms with Gasteiger partial charge in [-0.3, -0.25) is 9.69 Å². The zero-order valence-electron chi connectivity index (χ0n) is 15.0. The predicted molar refractivity (Wildman–Crippen MR) is 96.4 cm³/mol. The lowest BCUT2D eigenvalue weighted by Crippen LogP contribution is -2.48. The van der Waals surface area contributed by atoms with Crippen molar-refractivity contribution in [1.29, 1.82) is 0 Å². The number of nitrogens with zero attached hydrogens (tertiary/aromatic N) is 3. The summed E-state index contributed by atoms with van der Waals surface area (Å²) < 4.78 is 0. The summed E-state index contributed by atoms with van der Waals surface area (Å²) in [6, 6.07) is 0. The van der Waals surface area contributed by atoms with Gasteiger partial charge in [-0.05, 0) is 19.9 Å². The first-order valence-corrected chi connectivity index (χ1v) is 9.12. The lowest BCUT2D eigenvalue weighted by molar-refractivity contribution is -0.144. The van der Waals surface area contributed by atoms with Crippen LogP contribution in [0.1, 0.15) is 44.3 Å². The maximum absolute atomic E-state index is 12.4. The Morgan fingerprint density at radius 2 is 2.12 bits per heavy atom. The maximum Gasteiger partial charge on any atom is 0.227 e. The number of piperidine rings is 1. The van der Waals surface area contributed by atoms with Gasteiger partial charge in [0.15, 0.2) is 0 Å². The smallest absolute Gasteiger partial charge is 0.227 e. The predicted octanol–water partition coefficient (Wildman–Crippen LogP) is 2.06. The Bertz CT molecular complexity index is 619. The quantitative estimate of drug-likeness (QED) is 0.846. The van der Waals surface area contributed by atoms with E-state index in [4.69, 9.17) is 6.42 Å². The summed E-state index contributed by atoms with van der Waals surface area (Å²) in [5.74, 6) is 2.75. The van der Waals surface area contributed by atoms with Crippen LogP contribution in [0, 0.1) is 17.8 Å². The molecule has 6 heteroatoms. The van der Waals surface area contributed by atoms with Gasteiger partial charge < -0.3 is 10.0 Å². The minimum atomic E-state index is -0.936. The first kappa shape index (κ1) is 18.9. The summed E-state index contributed by atoms with van der Waals surface area (Å²) in [6.45, 7) is 8.16. The van der Waals surface area contributed by atoms with Crippen LogP contribution in [-0.2, 0) is 16.9 Å². The molecule has 1 saturated heterocycles. The highest BCUT2D eigenvalue weighted by Gasteiger charge is 2.39. The van der Waals surface area contributed by atoms with Crippen molar-refractivity contribution in [3.05, 3.63) is 16.1 Å². The van der Waals surface area contributed by atoms with Crippen molar-refractivity contribution in [2.75, 3.05) is 26.7 Å². The second kappa shape index (κ2) is 7.22. The highest BCUT2D eigenvalue weighted by atomic mass is 32.1. The number of carbonyl (C=O) groups excluding carboxylic acids is 1. The maximum atomic E-state index is 12.4. The molecule has 2 rings (SSSR count). The third kappa shape index (κ3) is 4.35. The van der Waals surface area contributed by atoms with Crippen molar-refractivity contribution in [3.63, 3.8) is 0 Å². The second-order valence-corrected chi connectivity index (χ2v) is 8.52. The average molecular weight is 350 g/mol. The standard InChI is InChI=1S/C18H27N3O2S/c1-6-9-20(5)12-15-19-14(13-24-15)18(23)7-10-21(11-8-18)16(22)17(2,3)4/h1,13,23H,7-12H2,2-5H3. The van der Waals surface area contributed by atoms with Gasteiger partial charge in [0.05, 0.1) is 18.8 Å². The van der Waals surface area contributed by atoms with Gasteiger partial charge in [-0.15, -0.1) is 17.8 Å². The number of hydrogen-bond acceptors (Lipinski definition) is 5. The first-order valence-electron chi connectivity index (χ1n) is 8.24. The third-order valence-corrected chi connectivity index (χ3v) is 5.15. The number of terminal acetylenes is 1. The Kier molecular flexibility index (Phi) is 5.69. The molecular formula is C18H27N3O2S. The van der Waals surface area contributed by atoms with Crippen LogP contribution in [0.2, 0.25) is 0 Å². The van der Waals surface area contributed by atoms with Crippen LogP contribution in [0.4, 0.5) is 0 Å². The van der Waals surface area contributed by atoms with Crippen LogP contribution in [0.25, 0.3) is 0 Å². The Balaban J connectivity index is 2.00. The normalized spacial score (nSPS) is 17.8. The molecule has 1 fully saturated rings. The van der Waals surface area contributed by atoms with Crippen molar-refractivity contribution in [2.24, 2.45) is 5.41 Å². The zero-order chi connectivity index (χ0) is 18.0. The van der Waals surface area contributed by atoms with E-state index >= 15 is 0 Å². The molecule has 1 aromatic rings. The fourth-order valence-electron chi connectivity index (χ4n) is 2.85. The van der Waals surface area contributed by atoms with Crippen molar-refractivity contribution in [2.45, 2.75) is 45.8 Å². The molecule has 0 atom stereocenters. The molecule has 5 nitrogen and oxygen atoms in total. The van der Waals surface area contributed by atoms with E-state index in [2.05, 4.69) is 10.9 Å². The number of aromatic nitrogens is 1. The van der Waals surface area contributed by atoms with Crippen molar-refractivity contribution >= 4 is 17.2 Å². The number of aliphatic hydroxyl groups is 1. The summed E-state index contributed by atoms with van der Waals surface area (Å²) in [7, 11) is 1.95. The SMILES string of the molecule is C#CCN(C)Cc1nc(C2(O)CCN(C(=O)C(C)(C)C)CC2)cs1. The third-order valence-electron chi connectivity index (χ3n) is 4.31. The summed E-state index contributed by atoms with van der Waals surface area (Å²) in [6.07, 6.45) is 6.37. The number of rotatable bonds is 4. The van der Waals surface area contributed by atoms with Crippen molar-refractivity contribution in [3.8, 4) is 12.3 Å². The first-order chi connectivity index (χ1) is 11.2. The average Bonchev–Trinajstić information content (AvgIpc) is 2.96. The van der Waals surface area contributed by atoms with E-state index in [-0.39, 0.29) is 11.3 Å². The molecule has 0 spiro atoms. The molecule has 0 unspecified atom stereocenters. The molecule has 1 aliphatic heterocycles. The number of amides is 1. The Morgan fingerprint density at radius 3 is 2.67 bits per heavy atom. The van der Waals surface area contributed by atoms with Gasteiger partial charge in [-0.2, -0.15) is 0 Å². The van der Waals surface area contributed by atoms with Gasteiger partial charge in [-0.25, -0.2) is 4.98 Å². The minimum Gasteiger partial charge on any atom is -0.383 e. The lowest BCUT2D eigenvalue weighted by atomic mass is 9.86. The zero-order valence-corrected chi connectivity index (χ0v) is 15.8. The largest absolute Gasteiger partial charge is 0.383 e. The van der Waals surface area contributed by atoms with Crippen molar-refractivity contribution < 1.29 is 9.90 Å². The Morgan fingerprint density at radius 1 is 1.50 bits per heavy atom. The van der Waals surface area contributed by atoms with Gasteiger partial charge in [0.2, 0.25) is 5.91 Å². The van der Waals surface area contributed by atoms with E-state index in [0.29, 0.717) is 39.0 Å². The van der Waals surface area contributed by atoms with Crippen LogP contribution in [0.3, 0.4) is 0 Å². The van der Waals surface area contributed by atoms with Crippen LogP contribution in [0.5, 0.6) is 0 Å². The molecule has 0 aromatic carbocycles. The van der Waals surface area contributed by atoms with Crippen LogP contribution in [0.15, 0.2) is 5.38 Å².